The summed E-state index contributed by atoms with van der Waals surface area (Å²) >= 11 is 0. The van der Waals surface area contributed by atoms with Crippen LogP contribution in [0.5, 0.6) is 0 Å². The second-order valence-corrected chi connectivity index (χ2v) is 8.07. The molecule has 6 unspecified atom stereocenters. The van der Waals surface area contributed by atoms with Crippen LogP contribution in [0.2, 0.25) is 0 Å². The molecule has 4 aliphatic heterocycles. The van der Waals surface area contributed by atoms with E-state index in [0.29, 0.717) is 12.2 Å². The number of epoxide rings is 4. The lowest BCUT2D eigenvalue weighted by Gasteiger charge is -2.22. The van der Waals surface area contributed by atoms with Crippen LogP contribution in [-0.4, -0.2) is 63.1 Å². The predicted molar refractivity (Wildman–Crippen MR) is 109 cm³/mol. The zero-order valence-electron chi connectivity index (χ0n) is 16.5. The molecule has 0 radical (unpaired) electrons. The fourth-order valence-electron chi connectivity index (χ4n) is 3.54. The van der Waals surface area contributed by atoms with E-state index in [9.17, 15) is 0 Å². The van der Waals surface area contributed by atoms with Crippen molar-refractivity contribution in [3.63, 3.8) is 0 Å². The highest BCUT2D eigenvalue weighted by molar-refractivity contribution is 5.62. The molecule has 0 bridgehead atoms. The Kier molecular flexibility index (Phi) is 5.92. The summed E-state index contributed by atoms with van der Waals surface area (Å²) in [5.41, 5.74) is 2.55. The summed E-state index contributed by atoms with van der Waals surface area (Å²) in [6.45, 7) is 3.41. The normalized spacial score (nSPS) is 30.5. The van der Waals surface area contributed by atoms with E-state index in [2.05, 4.69) is 48.5 Å². The molecule has 4 saturated heterocycles. The Hall–Kier alpha value is -1.76. The van der Waals surface area contributed by atoms with Crippen molar-refractivity contribution in [2.75, 3.05) is 26.4 Å². The molecular formula is C24H28O5. The van der Waals surface area contributed by atoms with Gasteiger partial charge in [-0.3, -0.25) is 0 Å². The summed E-state index contributed by atoms with van der Waals surface area (Å²) in [4.78, 5) is 0. The average molecular weight is 396 g/mol. The Bertz CT molecular complexity index is 686. The highest BCUT2D eigenvalue weighted by Crippen LogP contribution is 2.32. The predicted octanol–water partition coefficient (Wildman–Crippen LogP) is 3.47. The smallest absolute Gasteiger partial charge is 0.107 e. The van der Waals surface area contributed by atoms with Crippen molar-refractivity contribution in [3.8, 4) is 11.1 Å². The molecule has 6 rings (SSSR count). The number of hydrogen-bond donors (Lipinski definition) is 0. The summed E-state index contributed by atoms with van der Waals surface area (Å²) in [6, 6.07) is 20.8. The number of rotatable bonds is 9. The topological polar surface area (TPSA) is 59.4 Å². The standard InChI is InChI=1S/C12H18O5.C12H10/c1(7-3-13-7)9(11-5-15-11)17-10(12-6-16-12)2-8-4-14-8;1-3-7-11(8-4-1)12-9-5-2-6-10-12/h7-12H,1-6H2;1-10H. The molecule has 4 heterocycles. The summed E-state index contributed by atoms with van der Waals surface area (Å²) in [6.07, 6.45) is 3.61. The molecule has 0 aliphatic carbocycles. The number of hydrogen-bond acceptors (Lipinski definition) is 5. The Morgan fingerprint density at radius 2 is 1.00 bits per heavy atom. The summed E-state index contributed by atoms with van der Waals surface area (Å²) < 4.78 is 27.5. The maximum absolute atomic E-state index is 6.19. The second-order valence-electron chi connectivity index (χ2n) is 8.07. The van der Waals surface area contributed by atoms with E-state index >= 15 is 0 Å². The zero-order chi connectivity index (χ0) is 19.5. The van der Waals surface area contributed by atoms with Gasteiger partial charge in [-0.1, -0.05) is 60.7 Å². The third kappa shape index (κ3) is 6.11. The minimum absolute atomic E-state index is 0.176. The van der Waals surface area contributed by atoms with Crippen molar-refractivity contribution in [2.45, 2.75) is 49.5 Å². The van der Waals surface area contributed by atoms with Gasteiger partial charge in [0, 0.05) is 12.8 Å². The minimum Gasteiger partial charge on any atom is -0.373 e. The molecule has 2 aromatic rings. The van der Waals surface area contributed by atoms with E-state index in [-0.39, 0.29) is 24.4 Å². The first kappa shape index (κ1) is 19.2. The molecule has 154 valence electrons. The lowest BCUT2D eigenvalue weighted by molar-refractivity contribution is -0.0500. The molecule has 4 aliphatic rings. The third-order valence-electron chi connectivity index (χ3n) is 5.57. The van der Waals surface area contributed by atoms with Crippen LogP contribution in [0.3, 0.4) is 0 Å². The van der Waals surface area contributed by atoms with Gasteiger partial charge in [-0.25, -0.2) is 0 Å². The maximum Gasteiger partial charge on any atom is 0.107 e. The van der Waals surface area contributed by atoms with Crippen LogP contribution in [0.1, 0.15) is 12.8 Å². The lowest BCUT2D eigenvalue weighted by atomic mass is 10.1. The monoisotopic (exact) mass is 396 g/mol. The van der Waals surface area contributed by atoms with Crippen LogP contribution in [-0.2, 0) is 23.7 Å². The van der Waals surface area contributed by atoms with Crippen molar-refractivity contribution in [3.05, 3.63) is 60.7 Å². The first-order chi connectivity index (χ1) is 14.3. The molecular weight excluding hydrogens is 368 g/mol. The SMILES string of the molecule is C1OC1CC(OC(CC1CO1)C1CO1)C1CO1.c1ccc(-c2ccccc2)cc1. The van der Waals surface area contributed by atoms with Gasteiger partial charge in [0.2, 0.25) is 0 Å². The van der Waals surface area contributed by atoms with Crippen LogP contribution in [0.25, 0.3) is 11.1 Å². The van der Waals surface area contributed by atoms with Crippen LogP contribution < -0.4 is 0 Å². The minimum atomic E-state index is 0.176. The van der Waals surface area contributed by atoms with Crippen LogP contribution in [0.15, 0.2) is 60.7 Å². The number of benzene rings is 2. The van der Waals surface area contributed by atoms with Crippen molar-refractivity contribution >= 4 is 0 Å². The summed E-state index contributed by atoms with van der Waals surface area (Å²) in [7, 11) is 0. The van der Waals surface area contributed by atoms with Crippen molar-refractivity contribution in [1.29, 1.82) is 0 Å². The maximum atomic E-state index is 6.19. The molecule has 0 saturated carbocycles. The van der Waals surface area contributed by atoms with Gasteiger partial charge in [0.05, 0.1) is 50.8 Å². The highest BCUT2D eigenvalue weighted by atomic mass is 16.6. The quantitative estimate of drug-likeness (QED) is 0.608. The molecule has 0 aromatic heterocycles. The summed E-state index contributed by atoms with van der Waals surface area (Å²) in [5.74, 6) is 0. The van der Waals surface area contributed by atoms with E-state index < -0.39 is 0 Å². The van der Waals surface area contributed by atoms with Gasteiger partial charge in [0.1, 0.15) is 12.2 Å². The Balaban J connectivity index is 0.000000134. The fourth-order valence-corrected chi connectivity index (χ4v) is 3.54. The van der Waals surface area contributed by atoms with Gasteiger partial charge in [-0.15, -0.1) is 0 Å². The largest absolute Gasteiger partial charge is 0.373 e. The molecule has 5 nitrogen and oxygen atoms in total. The van der Waals surface area contributed by atoms with E-state index in [0.717, 1.165) is 39.3 Å². The second kappa shape index (κ2) is 8.94. The van der Waals surface area contributed by atoms with Gasteiger partial charge in [-0.2, -0.15) is 0 Å². The number of ether oxygens (including phenoxy) is 5. The van der Waals surface area contributed by atoms with Gasteiger partial charge in [-0.05, 0) is 11.1 Å². The molecule has 4 fully saturated rings. The molecule has 29 heavy (non-hydrogen) atoms. The molecule has 0 spiro atoms. The molecule has 6 atom stereocenters. The van der Waals surface area contributed by atoms with Crippen molar-refractivity contribution in [1.82, 2.24) is 0 Å². The van der Waals surface area contributed by atoms with Gasteiger partial charge in [0.25, 0.3) is 0 Å². The van der Waals surface area contributed by atoms with Crippen molar-refractivity contribution < 1.29 is 23.7 Å². The van der Waals surface area contributed by atoms with Gasteiger partial charge in [0.15, 0.2) is 0 Å². The Labute approximate surface area is 171 Å². The van der Waals surface area contributed by atoms with Crippen LogP contribution in [0, 0.1) is 0 Å². The zero-order valence-corrected chi connectivity index (χ0v) is 16.5. The first-order valence-electron chi connectivity index (χ1n) is 10.6. The Morgan fingerprint density at radius 1 is 0.621 bits per heavy atom. The van der Waals surface area contributed by atoms with E-state index in [1.54, 1.807) is 0 Å². The van der Waals surface area contributed by atoms with Gasteiger partial charge >= 0.3 is 0 Å². The first-order valence-corrected chi connectivity index (χ1v) is 10.6. The lowest BCUT2D eigenvalue weighted by Crippen LogP contribution is -2.32. The van der Waals surface area contributed by atoms with E-state index in [1.807, 2.05) is 12.1 Å². The Morgan fingerprint density at radius 3 is 1.31 bits per heavy atom. The van der Waals surface area contributed by atoms with Crippen LogP contribution in [0.4, 0.5) is 0 Å². The molecule has 0 N–H and O–H groups in total. The van der Waals surface area contributed by atoms with E-state index in [1.165, 1.54) is 11.1 Å². The van der Waals surface area contributed by atoms with Gasteiger partial charge < -0.3 is 23.7 Å². The third-order valence-corrected chi connectivity index (χ3v) is 5.57. The molecule has 2 aromatic carbocycles. The molecule has 5 heteroatoms. The van der Waals surface area contributed by atoms with Crippen LogP contribution >= 0.6 is 0 Å². The van der Waals surface area contributed by atoms with E-state index in [4.69, 9.17) is 23.7 Å². The highest BCUT2D eigenvalue weighted by Gasteiger charge is 2.44. The summed E-state index contributed by atoms with van der Waals surface area (Å²) in [5, 5.41) is 0. The molecule has 0 amide bonds. The van der Waals surface area contributed by atoms with Crippen molar-refractivity contribution in [2.24, 2.45) is 0 Å². The average Bonchev–Trinajstić information content (AvgIpc) is 3.57. The fraction of sp³-hybridized carbons (Fsp3) is 0.500.